The standard InChI is InChI=1S/C11H14O/c1-10-7-2-3-9(10)11(10)6-12-5-8(11)4-7/h2-3,7-9H,4-6H2,1H3. The third kappa shape index (κ3) is 0.337. The molecule has 1 spiro atoms. The van der Waals surface area contributed by atoms with Gasteiger partial charge in [0.1, 0.15) is 0 Å². The van der Waals surface area contributed by atoms with Gasteiger partial charge in [0.05, 0.1) is 13.2 Å². The molecule has 0 radical (unpaired) electrons. The molecule has 0 amide bonds. The fourth-order valence-electron chi connectivity index (χ4n) is 4.66. The van der Waals surface area contributed by atoms with Crippen LogP contribution in [0.3, 0.4) is 0 Å². The molecule has 0 aromatic rings. The van der Waals surface area contributed by atoms with Crippen molar-refractivity contribution in [3.8, 4) is 0 Å². The number of ether oxygens (including phenoxy) is 1. The van der Waals surface area contributed by atoms with Crippen LogP contribution in [0.15, 0.2) is 12.2 Å². The van der Waals surface area contributed by atoms with E-state index in [9.17, 15) is 0 Å². The van der Waals surface area contributed by atoms with Crippen LogP contribution in [0.25, 0.3) is 0 Å². The molecule has 1 heterocycles. The van der Waals surface area contributed by atoms with Gasteiger partial charge < -0.3 is 4.74 Å². The summed E-state index contributed by atoms with van der Waals surface area (Å²) in [5, 5.41) is 0. The van der Waals surface area contributed by atoms with E-state index in [1.165, 1.54) is 6.42 Å². The summed E-state index contributed by atoms with van der Waals surface area (Å²) in [6.07, 6.45) is 6.34. The van der Waals surface area contributed by atoms with Gasteiger partial charge in [-0.2, -0.15) is 0 Å². The molecule has 12 heavy (non-hydrogen) atoms. The second-order valence-electron chi connectivity index (χ2n) is 5.24. The maximum absolute atomic E-state index is 5.64. The molecule has 3 aliphatic carbocycles. The Bertz CT molecular complexity index is 295. The lowest BCUT2D eigenvalue weighted by molar-refractivity contribution is 0.158. The van der Waals surface area contributed by atoms with Gasteiger partial charge in [-0.05, 0) is 29.6 Å². The zero-order chi connectivity index (χ0) is 7.97. The Morgan fingerprint density at radius 2 is 2.33 bits per heavy atom. The molecule has 3 fully saturated rings. The van der Waals surface area contributed by atoms with E-state index in [1.54, 1.807) is 0 Å². The van der Waals surface area contributed by atoms with Gasteiger partial charge in [0.15, 0.2) is 0 Å². The number of hydrogen-bond acceptors (Lipinski definition) is 1. The van der Waals surface area contributed by atoms with E-state index in [4.69, 9.17) is 4.74 Å². The van der Waals surface area contributed by atoms with Gasteiger partial charge in [-0.3, -0.25) is 0 Å². The summed E-state index contributed by atoms with van der Waals surface area (Å²) in [7, 11) is 0. The molecule has 5 atom stereocenters. The quantitative estimate of drug-likeness (QED) is 0.494. The van der Waals surface area contributed by atoms with Gasteiger partial charge in [-0.1, -0.05) is 19.1 Å². The van der Waals surface area contributed by atoms with Crippen molar-refractivity contribution in [3.63, 3.8) is 0 Å². The van der Waals surface area contributed by atoms with Crippen LogP contribution in [-0.4, -0.2) is 13.2 Å². The first-order valence-corrected chi connectivity index (χ1v) is 5.06. The Morgan fingerprint density at radius 3 is 3.17 bits per heavy atom. The van der Waals surface area contributed by atoms with Crippen LogP contribution in [0.4, 0.5) is 0 Å². The fraction of sp³-hybridized carbons (Fsp3) is 0.818. The average molecular weight is 162 g/mol. The van der Waals surface area contributed by atoms with Crippen LogP contribution in [0.2, 0.25) is 0 Å². The topological polar surface area (TPSA) is 9.23 Å². The number of hydrogen-bond donors (Lipinski definition) is 0. The minimum absolute atomic E-state index is 0.617. The lowest BCUT2D eigenvalue weighted by Crippen LogP contribution is -2.14. The molecule has 4 rings (SSSR count). The molecule has 0 aromatic carbocycles. The number of rotatable bonds is 0. The predicted octanol–water partition coefficient (Wildman–Crippen LogP) is 1.84. The second kappa shape index (κ2) is 1.41. The van der Waals surface area contributed by atoms with Crippen LogP contribution >= 0.6 is 0 Å². The van der Waals surface area contributed by atoms with E-state index in [0.29, 0.717) is 10.8 Å². The molecule has 1 saturated heterocycles. The van der Waals surface area contributed by atoms with Crippen LogP contribution < -0.4 is 0 Å². The Hall–Kier alpha value is -0.300. The maximum atomic E-state index is 5.64. The van der Waals surface area contributed by atoms with E-state index >= 15 is 0 Å². The first-order chi connectivity index (χ1) is 5.80. The molecular formula is C11H14O. The highest BCUT2D eigenvalue weighted by Crippen LogP contribution is 2.86. The maximum Gasteiger partial charge on any atom is 0.0537 e. The predicted molar refractivity (Wildman–Crippen MR) is 45.6 cm³/mol. The van der Waals surface area contributed by atoms with Crippen LogP contribution in [0.1, 0.15) is 13.3 Å². The van der Waals surface area contributed by atoms with Gasteiger partial charge in [-0.15, -0.1) is 0 Å². The highest BCUT2D eigenvalue weighted by Gasteiger charge is 2.84. The minimum atomic E-state index is 0.617. The molecule has 0 bridgehead atoms. The molecule has 0 N–H and O–H groups in total. The van der Waals surface area contributed by atoms with Crippen molar-refractivity contribution in [2.75, 3.05) is 13.2 Å². The Balaban J connectivity index is 1.94. The van der Waals surface area contributed by atoms with E-state index in [-0.39, 0.29) is 0 Å². The van der Waals surface area contributed by atoms with E-state index in [0.717, 1.165) is 31.0 Å². The fourth-order valence-corrected chi connectivity index (χ4v) is 4.66. The largest absolute Gasteiger partial charge is 0.381 e. The van der Waals surface area contributed by atoms with Crippen molar-refractivity contribution < 1.29 is 4.74 Å². The van der Waals surface area contributed by atoms with E-state index in [2.05, 4.69) is 19.1 Å². The molecule has 0 aromatic heterocycles. The Labute approximate surface area is 72.8 Å². The van der Waals surface area contributed by atoms with Crippen LogP contribution in [0.5, 0.6) is 0 Å². The van der Waals surface area contributed by atoms with Gasteiger partial charge in [0, 0.05) is 5.41 Å². The van der Waals surface area contributed by atoms with Crippen molar-refractivity contribution in [1.82, 2.24) is 0 Å². The first-order valence-electron chi connectivity index (χ1n) is 5.06. The van der Waals surface area contributed by atoms with Crippen molar-refractivity contribution in [1.29, 1.82) is 0 Å². The minimum Gasteiger partial charge on any atom is -0.381 e. The summed E-state index contributed by atoms with van der Waals surface area (Å²) in [4.78, 5) is 0. The molecule has 64 valence electrons. The third-order valence-electron chi connectivity index (χ3n) is 5.35. The molecule has 5 unspecified atom stereocenters. The first kappa shape index (κ1) is 6.20. The highest BCUT2D eigenvalue weighted by atomic mass is 16.5. The second-order valence-corrected chi connectivity index (χ2v) is 5.24. The average Bonchev–Trinajstić information content (AvgIpc) is 2.39. The van der Waals surface area contributed by atoms with Crippen molar-refractivity contribution in [2.24, 2.45) is 28.6 Å². The molecular weight excluding hydrogens is 148 g/mol. The third-order valence-corrected chi connectivity index (χ3v) is 5.35. The van der Waals surface area contributed by atoms with Gasteiger partial charge in [0.25, 0.3) is 0 Å². The summed E-state index contributed by atoms with van der Waals surface area (Å²) in [6.45, 7) is 4.58. The summed E-state index contributed by atoms with van der Waals surface area (Å²) in [5.41, 5.74) is 1.25. The molecule has 2 saturated carbocycles. The summed E-state index contributed by atoms with van der Waals surface area (Å²) >= 11 is 0. The Morgan fingerprint density at radius 1 is 1.42 bits per heavy atom. The van der Waals surface area contributed by atoms with Crippen molar-refractivity contribution in [2.45, 2.75) is 13.3 Å². The van der Waals surface area contributed by atoms with E-state index < -0.39 is 0 Å². The highest BCUT2D eigenvalue weighted by molar-refractivity contribution is 5.40. The van der Waals surface area contributed by atoms with Crippen LogP contribution in [-0.2, 0) is 4.74 Å². The van der Waals surface area contributed by atoms with E-state index in [1.807, 2.05) is 0 Å². The lowest BCUT2D eigenvalue weighted by Gasteiger charge is -2.13. The van der Waals surface area contributed by atoms with Crippen molar-refractivity contribution >= 4 is 0 Å². The SMILES string of the molecule is CC12C3C=CC1C21COCC1C3. The smallest absolute Gasteiger partial charge is 0.0537 e. The van der Waals surface area contributed by atoms with Gasteiger partial charge in [-0.25, -0.2) is 0 Å². The monoisotopic (exact) mass is 162 g/mol. The molecule has 1 nitrogen and oxygen atoms in total. The molecule has 1 heteroatoms. The summed E-state index contributed by atoms with van der Waals surface area (Å²) in [6, 6.07) is 0. The Kier molecular flexibility index (Phi) is 0.730. The number of allylic oxidation sites excluding steroid dienone is 2. The van der Waals surface area contributed by atoms with Gasteiger partial charge >= 0.3 is 0 Å². The lowest BCUT2D eigenvalue weighted by atomic mass is 9.90. The van der Waals surface area contributed by atoms with Crippen molar-refractivity contribution in [3.05, 3.63) is 12.2 Å². The zero-order valence-electron chi connectivity index (χ0n) is 7.42. The zero-order valence-corrected chi connectivity index (χ0v) is 7.42. The van der Waals surface area contributed by atoms with Gasteiger partial charge in [0.2, 0.25) is 0 Å². The van der Waals surface area contributed by atoms with Crippen LogP contribution in [0, 0.1) is 28.6 Å². The summed E-state index contributed by atoms with van der Waals surface area (Å²) in [5.74, 6) is 2.68. The molecule has 1 aliphatic heterocycles. The molecule has 4 aliphatic rings. The normalized spacial score (nSPS) is 69.9. The summed E-state index contributed by atoms with van der Waals surface area (Å²) < 4.78 is 5.64.